The minimum absolute atomic E-state index is 0.164. The zero-order valence-electron chi connectivity index (χ0n) is 15.4. The molecule has 2 aliphatic rings. The van der Waals surface area contributed by atoms with Gasteiger partial charge in [0.15, 0.2) is 0 Å². The molecular formula is C20H28FN3O. The number of rotatable bonds is 5. The van der Waals surface area contributed by atoms with Crippen molar-refractivity contribution in [3.8, 4) is 0 Å². The monoisotopic (exact) mass is 345 g/mol. The number of morpholine rings is 1. The van der Waals surface area contributed by atoms with Crippen LogP contribution in [0.3, 0.4) is 0 Å². The van der Waals surface area contributed by atoms with E-state index in [1.54, 1.807) is 13.0 Å². The first-order valence-corrected chi connectivity index (χ1v) is 9.03. The maximum atomic E-state index is 13.6. The van der Waals surface area contributed by atoms with Gasteiger partial charge in [-0.3, -0.25) is 15.3 Å². The minimum atomic E-state index is -0.164. The van der Waals surface area contributed by atoms with Gasteiger partial charge in [-0.25, -0.2) is 4.39 Å². The van der Waals surface area contributed by atoms with Crippen molar-refractivity contribution in [1.29, 1.82) is 0 Å². The lowest BCUT2D eigenvalue weighted by Crippen LogP contribution is -2.41. The number of hydrogen-bond donors (Lipinski definition) is 1. The van der Waals surface area contributed by atoms with Crippen LogP contribution in [0.25, 0.3) is 5.70 Å². The molecule has 0 aromatic heterocycles. The third kappa shape index (κ3) is 4.83. The average Bonchev–Trinajstić information content (AvgIpc) is 2.57. The van der Waals surface area contributed by atoms with Crippen LogP contribution in [0.15, 0.2) is 36.0 Å². The number of aryl methyl sites for hydroxylation is 1. The van der Waals surface area contributed by atoms with Gasteiger partial charge in [-0.2, -0.15) is 0 Å². The maximum Gasteiger partial charge on any atom is 0.126 e. The van der Waals surface area contributed by atoms with Crippen molar-refractivity contribution in [3.05, 3.63) is 53.0 Å². The smallest absolute Gasteiger partial charge is 0.126 e. The third-order valence-corrected chi connectivity index (χ3v) is 4.46. The van der Waals surface area contributed by atoms with E-state index in [-0.39, 0.29) is 5.82 Å². The van der Waals surface area contributed by atoms with Crippen molar-refractivity contribution in [1.82, 2.24) is 15.3 Å². The van der Waals surface area contributed by atoms with E-state index in [0.717, 1.165) is 50.7 Å². The molecular weight excluding hydrogens is 317 g/mol. The Bertz CT molecular complexity index is 663. The molecule has 0 radical (unpaired) electrons. The molecule has 4 nitrogen and oxygen atoms in total. The highest BCUT2D eigenvalue weighted by Crippen LogP contribution is 2.22. The van der Waals surface area contributed by atoms with Crippen LogP contribution >= 0.6 is 0 Å². The van der Waals surface area contributed by atoms with Gasteiger partial charge in [0.2, 0.25) is 0 Å². The van der Waals surface area contributed by atoms with Gasteiger partial charge in [0.1, 0.15) is 5.82 Å². The van der Waals surface area contributed by atoms with E-state index in [2.05, 4.69) is 41.5 Å². The fourth-order valence-electron chi connectivity index (χ4n) is 3.20. The molecule has 1 aromatic rings. The summed E-state index contributed by atoms with van der Waals surface area (Å²) in [5.74, 6) is 0.381. The van der Waals surface area contributed by atoms with Gasteiger partial charge >= 0.3 is 0 Å². The largest absolute Gasteiger partial charge is 0.379 e. The first kappa shape index (κ1) is 18.0. The first-order valence-electron chi connectivity index (χ1n) is 9.03. The molecule has 0 atom stereocenters. The van der Waals surface area contributed by atoms with Crippen LogP contribution in [0, 0.1) is 18.7 Å². The highest BCUT2D eigenvalue weighted by molar-refractivity contribution is 5.68. The lowest BCUT2D eigenvalue weighted by molar-refractivity contribution is 0.0423. The number of nitrogens with zero attached hydrogens (tertiary/aromatic N) is 2. The summed E-state index contributed by atoms with van der Waals surface area (Å²) in [7, 11) is 0. The van der Waals surface area contributed by atoms with Crippen molar-refractivity contribution in [2.75, 3.05) is 39.4 Å². The quantitative estimate of drug-likeness (QED) is 0.887. The summed E-state index contributed by atoms with van der Waals surface area (Å²) in [5.41, 5.74) is 7.43. The normalized spacial score (nSPS) is 18.8. The highest BCUT2D eigenvalue weighted by atomic mass is 19.1. The Hall–Kier alpha value is -1.85. The molecule has 2 aliphatic heterocycles. The second-order valence-electron chi connectivity index (χ2n) is 7.27. The number of hydrazine groups is 1. The Morgan fingerprint density at radius 1 is 1.24 bits per heavy atom. The molecule has 3 rings (SSSR count). The van der Waals surface area contributed by atoms with Gasteiger partial charge in [0.05, 0.1) is 18.9 Å². The van der Waals surface area contributed by atoms with Crippen LogP contribution in [0.5, 0.6) is 0 Å². The zero-order valence-corrected chi connectivity index (χ0v) is 15.4. The summed E-state index contributed by atoms with van der Waals surface area (Å²) in [5, 5.41) is 2.15. The van der Waals surface area contributed by atoms with Crippen molar-refractivity contribution < 1.29 is 9.13 Å². The fraction of sp³-hybridized carbons (Fsp3) is 0.500. The second kappa shape index (κ2) is 8.02. The molecule has 25 heavy (non-hydrogen) atoms. The number of ether oxygens (including phenoxy) is 1. The topological polar surface area (TPSA) is 27.7 Å². The van der Waals surface area contributed by atoms with Gasteiger partial charge in [-0.15, -0.1) is 0 Å². The molecule has 1 saturated heterocycles. The van der Waals surface area contributed by atoms with Crippen LogP contribution in [-0.2, 0) is 4.74 Å². The second-order valence-corrected chi connectivity index (χ2v) is 7.27. The average molecular weight is 345 g/mol. The molecule has 0 aliphatic carbocycles. The molecule has 0 saturated carbocycles. The summed E-state index contributed by atoms with van der Waals surface area (Å²) in [4.78, 5) is 2.41. The van der Waals surface area contributed by atoms with E-state index in [9.17, 15) is 4.39 Å². The fourth-order valence-corrected chi connectivity index (χ4v) is 3.20. The Balaban J connectivity index is 1.82. The van der Waals surface area contributed by atoms with E-state index in [0.29, 0.717) is 11.5 Å². The first-order chi connectivity index (χ1) is 12.0. The van der Waals surface area contributed by atoms with E-state index in [1.807, 2.05) is 12.1 Å². The van der Waals surface area contributed by atoms with Gasteiger partial charge in [0, 0.05) is 32.4 Å². The van der Waals surface area contributed by atoms with E-state index in [4.69, 9.17) is 4.74 Å². The van der Waals surface area contributed by atoms with E-state index < -0.39 is 0 Å². The van der Waals surface area contributed by atoms with Crippen LogP contribution in [0.2, 0.25) is 0 Å². The van der Waals surface area contributed by atoms with E-state index in [1.165, 1.54) is 5.57 Å². The Morgan fingerprint density at radius 2 is 2.00 bits per heavy atom. The Morgan fingerprint density at radius 3 is 2.68 bits per heavy atom. The number of benzene rings is 1. The van der Waals surface area contributed by atoms with Crippen molar-refractivity contribution >= 4 is 5.70 Å². The Labute approximate surface area is 149 Å². The van der Waals surface area contributed by atoms with Crippen LogP contribution in [-0.4, -0.2) is 49.3 Å². The molecule has 0 amide bonds. The Kier molecular flexibility index (Phi) is 5.76. The maximum absolute atomic E-state index is 13.6. The van der Waals surface area contributed by atoms with Gasteiger partial charge in [-0.1, -0.05) is 13.8 Å². The lowest BCUT2D eigenvalue weighted by atomic mass is 10.0. The predicted molar refractivity (Wildman–Crippen MR) is 99.1 cm³/mol. The predicted octanol–water partition coefficient (Wildman–Crippen LogP) is 3.17. The summed E-state index contributed by atoms with van der Waals surface area (Å²) in [6.45, 7) is 11.6. The molecule has 1 N–H and O–H groups in total. The summed E-state index contributed by atoms with van der Waals surface area (Å²) in [6.07, 6.45) is 4.37. The zero-order chi connectivity index (χ0) is 17.8. The minimum Gasteiger partial charge on any atom is -0.379 e. The van der Waals surface area contributed by atoms with Crippen LogP contribution in [0.4, 0.5) is 4.39 Å². The van der Waals surface area contributed by atoms with Crippen LogP contribution < -0.4 is 5.43 Å². The number of hydrogen-bond acceptors (Lipinski definition) is 4. The molecule has 136 valence electrons. The third-order valence-electron chi connectivity index (χ3n) is 4.46. The van der Waals surface area contributed by atoms with E-state index >= 15 is 0 Å². The molecule has 0 spiro atoms. The molecule has 5 heteroatoms. The SMILES string of the molecule is Cc1cc(C2=CC(CN3CCOCC3)=CN(CC(C)C)N2)ccc1F. The van der Waals surface area contributed by atoms with Crippen molar-refractivity contribution in [3.63, 3.8) is 0 Å². The summed E-state index contributed by atoms with van der Waals surface area (Å²) >= 11 is 0. The van der Waals surface area contributed by atoms with Gasteiger partial charge in [0.25, 0.3) is 0 Å². The molecule has 1 aromatic carbocycles. The van der Waals surface area contributed by atoms with Gasteiger partial charge in [-0.05, 0) is 53.8 Å². The number of nitrogens with one attached hydrogen (secondary N) is 1. The van der Waals surface area contributed by atoms with Gasteiger partial charge < -0.3 is 4.74 Å². The highest BCUT2D eigenvalue weighted by Gasteiger charge is 2.18. The molecule has 1 fully saturated rings. The molecule has 0 bridgehead atoms. The lowest BCUT2D eigenvalue weighted by Gasteiger charge is -2.33. The van der Waals surface area contributed by atoms with Crippen LogP contribution in [0.1, 0.15) is 25.0 Å². The summed E-state index contributed by atoms with van der Waals surface area (Å²) in [6, 6.07) is 5.28. The standard InChI is InChI=1S/C20H28FN3O/c1-15(2)12-24-14-17(13-23-6-8-25-9-7-23)11-20(22-24)18-4-5-19(21)16(3)10-18/h4-5,10-11,14-15,22H,6-9,12-13H2,1-3H3. The van der Waals surface area contributed by atoms with Crippen molar-refractivity contribution in [2.24, 2.45) is 5.92 Å². The number of halogens is 1. The summed E-state index contributed by atoms with van der Waals surface area (Å²) < 4.78 is 19.1. The molecule has 2 heterocycles. The van der Waals surface area contributed by atoms with Crippen molar-refractivity contribution in [2.45, 2.75) is 20.8 Å². The molecule has 0 unspecified atom stereocenters.